The average Bonchev–Trinajstić information content (AvgIpc) is 3.13. The van der Waals surface area contributed by atoms with Crippen LogP contribution in [0.25, 0.3) is 10.6 Å². The predicted octanol–water partition coefficient (Wildman–Crippen LogP) is 1.10. The molecule has 0 aliphatic rings. The van der Waals surface area contributed by atoms with Gasteiger partial charge < -0.3 is 9.88 Å². The molecular formula is C17H16N4O3S. The number of hydrogen-bond donors (Lipinski definition) is 1. The van der Waals surface area contributed by atoms with Crippen LogP contribution in [-0.2, 0) is 13.6 Å². The zero-order valence-electron chi connectivity index (χ0n) is 13.5. The van der Waals surface area contributed by atoms with Gasteiger partial charge in [0.25, 0.3) is 17.0 Å². The van der Waals surface area contributed by atoms with Crippen LogP contribution in [0.15, 0.2) is 57.6 Å². The molecular weight excluding hydrogens is 340 g/mol. The van der Waals surface area contributed by atoms with Gasteiger partial charge in [-0.2, -0.15) is 5.10 Å². The summed E-state index contributed by atoms with van der Waals surface area (Å²) in [7, 11) is 1.58. The van der Waals surface area contributed by atoms with Crippen molar-refractivity contribution in [1.29, 1.82) is 0 Å². The lowest BCUT2D eigenvalue weighted by Gasteiger charge is -2.08. The monoisotopic (exact) mass is 356 g/mol. The van der Waals surface area contributed by atoms with Crippen LogP contribution >= 0.6 is 11.3 Å². The number of amides is 1. The fraction of sp³-hybridized carbons (Fsp3) is 0.176. The van der Waals surface area contributed by atoms with E-state index in [1.807, 2.05) is 17.5 Å². The Labute approximate surface area is 147 Å². The Kier molecular flexibility index (Phi) is 4.90. The summed E-state index contributed by atoms with van der Waals surface area (Å²) in [5.41, 5.74) is 0.163. The minimum Gasteiger partial charge on any atom is -0.350 e. The van der Waals surface area contributed by atoms with Gasteiger partial charge in [-0.1, -0.05) is 6.07 Å². The van der Waals surface area contributed by atoms with Gasteiger partial charge in [0.1, 0.15) is 11.3 Å². The zero-order chi connectivity index (χ0) is 17.8. The number of thiophene rings is 1. The van der Waals surface area contributed by atoms with Crippen molar-refractivity contribution in [1.82, 2.24) is 19.7 Å². The maximum absolute atomic E-state index is 12.1. The number of aromatic nitrogens is 3. The first-order valence-electron chi connectivity index (χ1n) is 7.62. The van der Waals surface area contributed by atoms with Gasteiger partial charge in [-0.25, -0.2) is 4.68 Å². The zero-order valence-corrected chi connectivity index (χ0v) is 14.3. The van der Waals surface area contributed by atoms with E-state index in [0.29, 0.717) is 5.69 Å². The average molecular weight is 356 g/mol. The first-order chi connectivity index (χ1) is 12.1. The van der Waals surface area contributed by atoms with Crippen LogP contribution in [-0.4, -0.2) is 26.8 Å². The Bertz CT molecular complexity index is 1010. The lowest BCUT2D eigenvalue weighted by atomic mass is 10.2. The normalized spacial score (nSPS) is 10.6. The van der Waals surface area contributed by atoms with Crippen LogP contribution in [0.1, 0.15) is 10.4 Å². The van der Waals surface area contributed by atoms with E-state index in [2.05, 4.69) is 10.4 Å². The number of pyridine rings is 1. The quantitative estimate of drug-likeness (QED) is 0.742. The van der Waals surface area contributed by atoms with Crippen molar-refractivity contribution in [2.75, 3.05) is 6.54 Å². The standard InChI is InChI=1S/C17H16N4O3S/c1-20-9-2-4-12(17(20)24)16(23)18-8-10-21-15(22)7-6-13(19-21)14-5-3-11-25-14/h2-7,9,11H,8,10H2,1H3,(H,18,23). The fourth-order valence-corrected chi connectivity index (χ4v) is 3.00. The summed E-state index contributed by atoms with van der Waals surface area (Å²) in [6.07, 6.45) is 1.58. The molecule has 7 nitrogen and oxygen atoms in total. The number of carbonyl (C=O) groups is 1. The van der Waals surface area contributed by atoms with Crippen molar-refractivity contribution < 1.29 is 4.79 Å². The molecule has 128 valence electrons. The molecule has 3 aromatic heterocycles. The molecule has 3 aromatic rings. The Morgan fingerprint density at radius 2 is 2.04 bits per heavy atom. The largest absolute Gasteiger partial charge is 0.350 e. The summed E-state index contributed by atoms with van der Waals surface area (Å²) >= 11 is 1.53. The highest BCUT2D eigenvalue weighted by atomic mass is 32.1. The highest BCUT2D eigenvalue weighted by Gasteiger charge is 2.11. The molecule has 1 N–H and O–H groups in total. The van der Waals surface area contributed by atoms with Crippen LogP contribution in [0, 0.1) is 0 Å². The fourth-order valence-electron chi connectivity index (χ4n) is 2.31. The second kappa shape index (κ2) is 7.27. The third kappa shape index (κ3) is 3.74. The molecule has 25 heavy (non-hydrogen) atoms. The van der Waals surface area contributed by atoms with Crippen LogP contribution in [0.4, 0.5) is 0 Å². The number of aryl methyl sites for hydroxylation is 1. The lowest BCUT2D eigenvalue weighted by molar-refractivity contribution is 0.0949. The van der Waals surface area contributed by atoms with Crippen LogP contribution in [0.5, 0.6) is 0 Å². The Morgan fingerprint density at radius 3 is 2.80 bits per heavy atom. The van der Waals surface area contributed by atoms with E-state index in [-0.39, 0.29) is 29.8 Å². The smallest absolute Gasteiger partial charge is 0.266 e. The van der Waals surface area contributed by atoms with Crippen molar-refractivity contribution in [3.8, 4) is 10.6 Å². The topological polar surface area (TPSA) is 86.0 Å². The summed E-state index contributed by atoms with van der Waals surface area (Å²) in [4.78, 5) is 36.9. The first-order valence-corrected chi connectivity index (χ1v) is 8.50. The first kappa shape index (κ1) is 16.8. The minimum atomic E-state index is -0.469. The van der Waals surface area contributed by atoms with Crippen LogP contribution in [0.3, 0.4) is 0 Å². The Morgan fingerprint density at radius 1 is 1.20 bits per heavy atom. The van der Waals surface area contributed by atoms with Gasteiger partial charge >= 0.3 is 0 Å². The summed E-state index contributed by atoms with van der Waals surface area (Å²) in [6, 6.07) is 10.1. The molecule has 0 atom stereocenters. The van der Waals surface area contributed by atoms with Crippen molar-refractivity contribution in [2.24, 2.45) is 7.05 Å². The van der Waals surface area contributed by atoms with Gasteiger partial charge in [-0.15, -0.1) is 11.3 Å². The molecule has 0 saturated carbocycles. The van der Waals surface area contributed by atoms with E-state index >= 15 is 0 Å². The van der Waals surface area contributed by atoms with E-state index in [4.69, 9.17) is 0 Å². The van der Waals surface area contributed by atoms with Crippen LogP contribution < -0.4 is 16.4 Å². The summed E-state index contributed by atoms with van der Waals surface area (Å²) in [5.74, 6) is -0.469. The highest BCUT2D eigenvalue weighted by molar-refractivity contribution is 7.13. The Balaban J connectivity index is 1.69. The molecule has 1 amide bonds. The van der Waals surface area contributed by atoms with Crippen molar-refractivity contribution in [3.63, 3.8) is 0 Å². The van der Waals surface area contributed by atoms with Gasteiger partial charge in [-0.3, -0.25) is 14.4 Å². The molecule has 8 heteroatoms. The second-order valence-electron chi connectivity index (χ2n) is 5.35. The summed E-state index contributed by atoms with van der Waals surface area (Å²) in [6.45, 7) is 0.411. The van der Waals surface area contributed by atoms with Gasteiger partial charge in [0.05, 0.1) is 11.4 Å². The molecule has 3 heterocycles. The second-order valence-corrected chi connectivity index (χ2v) is 6.30. The highest BCUT2D eigenvalue weighted by Crippen LogP contribution is 2.20. The molecule has 0 spiro atoms. The third-order valence-electron chi connectivity index (χ3n) is 3.62. The molecule has 0 aromatic carbocycles. The van der Waals surface area contributed by atoms with E-state index in [1.165, 1.54) is 32.7 Å². The van der Waals surface area contributed by atoms with E-state index in [1.54, 1.807) is 25.4 Å². The molecule has 0 unspecified atom stereocenters. The van der Waals surface area contributed by atoms with Crippen molar-refractivity contribution >= 4 is 17.2 Å². The molecule has 0 aliphatic carbocycles. The number of rotatable bonds is 5. The molecule has 0 radical (unpaired) electrons. The Hall–Kier alpha value is -3.00. The van der Waals surface area contributed by atoms with E-state index in [0.717, 1.165) is 4.88 Å². The number of carbonyl (C=O) groups excluding carboxylic acids is 1. The maximum atomic E-state index is 12.1. The van der Waals surface area contributed by atoms with Gasteiger partial charge in [0.2, 0.25) is 0 Å². The summed E-state index contributed by atoms with van der Waals surface area (Å²) in [5, 5.41) is 8.90. The van der Waals surface area contributed by atoms with Crippen LogP contribution in [0.2, 0.25) is 0 Å². The molecule has 0 fully saturated rings. The summed E-state index contributed by atoms with van der Waals surface area (Å²) < 4.78 is 2.64. The number of nitrogens with one attached hydrogen (secondary N) is 1. The van der Waals surface area contributed by atoms with Crippen molar-refractivity contribution in [3.05, 3.63) is 74.2 Å². The van der Waals surface area contributed by atoms with E-state index < -0.39 is 5.91 Å². The molecule has 0 aliphatic heterocycles. The predicted molar refractivity (Wildman–Crippen MR) is 95.8 cm³/mol. The van der Waals surface area contributed by atoms with Gasteiger partial charge in [0.15, 0.2) is 0 Å². The van der Waals surface area contributed by atoms with Gasteiger partial charge in [0, 0.05) is 25.9 Å². The minimum absolute atomic E-state index is 0.0673. The molecule has 3 rings (SSSR count). The maximum Gasteiger partial charge on any atom is 0.266 e. The number of hydrogen-bond acceptors (Lipinski definition) is 5. The number of nitrogens with zero attached hydrogens (tertiary/aromatic N) is 3. The molecule has 0 saturated heterocycles. The molecule has 0 bridgehead atoms. The van der Waals surface area contributed by atoms with Crippen molar-refractivity contribution in [2.45, 2.75) is 6.54 Å². The SMILES string of the molecule is Cn1cccc(C(=O)NCCn2nc(-c3cccs3)ccc2=O)c1=O. The lowest BCUT2D eigenvalue weighted by Crippen LogP contribution is -2.35. The van der Waals surface area contributed by atoms with E-state index in [9.17, 15) is 14.4 Å². The third-order valence-corrected chi connectivity index (χ3v) is 4.51. The van der Waals surface area contributed by atoms with Gasteiger partial charge in [-0.05, 0) is 29.6 Å².